The van der Waals surface area contributed by atoms with Gasteiger partial charge in [0.1, 0.15) is 0 Å². The molecule has 18 heavy (non-hydrogen) atoms. The van der Waals surface area contributed by atoms with Crippen LogP contribution in [0.3, 0.4) is 0 Å². The van der Waals surface area contributed by atoms with Gasteiger partial charge in [-0.1, -0.05) is 11.3 Å². The molecule has 0 fully saturated rings. The number of nitrogens with zero attached hydrogens (tertiary/aromatic N) is 3. The van der Waals surface area contributed by atoms with Gasteiger partial charge in [0, 0.05) is 13.0 Å². The summed E-state index contributed by atoms with van der Waals surface area (Å²) in [5, 5.41) is 16.7. The van der Waals surface area contributed by atoms with Gasteiger partial charge in [-0.15, -0.1) is 5.10 Å². The molecule has 0 amide bonds. The first kappa shape index (κ1) is 12.3. The Bertz CT molecular complexity index is 551. The van der Waals surface area contributed by atoms with Gasteiger partial charge in [-0.25, -0.2) is 9.48 Å². The first-order valence-corrected chi connectivity index (χ1v) is 5.45. The Morgan fingerprint density at radius 2 is 2.33 bits per heavy atom. The van der Waals surface area contributed by atoms with Gasteiger partial charge < -0.3 is 9.84 Å². The van der Waals surface area contributed by atoms with E-state index in [4.69, 9.17) is 5.11 Å². The van der Waals surface area contributed by atoms with Crippen LogP contribution in [0.4, 0.5) is 0 Å². The topological polar surface area (TPSA) is 77.2 Å². The van der Waals surface area contributed by atoms with Crippen molar-refractivity contribution in [3.63, 3.8) is 0 Å². The fraction of sp³-hybridized carbons (Fsp3) is 0.250. The lowest BCUT2D eigenvalue weighted by atomic mass is 10.2. The quantitative estimate of drug-likeness (QED) is 0.800. The van der Waals surface area contributed by atoms with Gasteiger partial charge in [0.2, 0.25) is 0 Å². The SMILES string of the molecule is COC(=O)c1cccc(-n2nncc2CCO)c1. The molecule has 1 heterocycles. The fourth-order valence-corrected chi connectivity index (χ4v) is 1.64. The molecular formula is C12H13N3O3. The number of esters is 1. The van der Waals surface area contributed by atoms with Crippen molar-refractivity contribution < 1.29 is 14.6 Å². The minimum absolute atomic E-state index is 0.0179. The van der Waals surface area contributed by atoms with E-state index in [2.05, 4.69) is 15.0 Å². The molecule has 0 saturated heterocycles. The number of methoxy groups -OCH3 is 1. The van der Waals surface area contributed by atoms with Crippen molar-refractivity contribution >= 4 is 5.97 Å². The number of carbonyl (C=O) groups excluding carboxylic acids is 1. The van der Waals surface area contributed by atoms with Crippen LogP contribution in [-0.2, 0) is 11.2 Å². The second-order valence-electron chi connectivity index (χ2n) is 3.65. The number of carbonyl (C=O) groups is 1. The average molecular weight is 247 g/mol. The van der Waals surface area contributed by atoms with Gasteiger partial charge in [0.25, 0.3) is 0 Å². The van der Waals surface area contributed by atoms with Gasteiger partial charge in [-0.3, -0.25) is 0 Å². The number of ether oxygens (including phenoxy) is 1. The smallest absolute Gasteiger partial charge is 0.337 e. The Balaban J connectivity index is 2.38. The van der Waals surface area contributed by atoms with Crippen molar-refractivity contribution in [3.8, 4) is 5.69 Å². The maximum atomic E-state index is 11.4. The van der Waals surface area contributed by atoms with Crippen molar-refractivity contribution in [2.24, 2.45) is 0 Å². The number of rotatable bonds is 4. The van der Waals surface area contributed by atoms with E-state index in [9.17, 15) is 4.79 Å². The number of aliphatic hydroxyl groups is 1. The van der Waals surface area contributed by atoms with E-state index in [1.165, 1.54) is 7.11 Å². The molecule has 0 saturated carbocycles. The molecule has 0 unspecified atom stereocenters. The Morgan fingerprint density at radius 1 is 1.50 bits per heavy atom. The predicted molar refractivity (Wildman–Crippen MR) is 63.5 cm³/mol. The maximum absolute atomic E-state index is 11.4. The van der Waals surface area contributed by atoms with Crippen LogP contribution in [0.5, 0.6) is 0 Å². The van der Waals surface area contributed by atoms with Gasteiger partial charge >= 0.3 is 5.97 Å². The molecule has 6 heteroatoms. The Morgan fingerprint density at radius 3 is 3.06 bits per heavy atom. The van der Waals surface area contributed by atoms with E-state index in [1.54, 1.807) is 29.1 Å². The summed E-state index contributed by atoms with van der Waals surface area (Å²) in [6.07, 6.45) is 2.04. The van der Waals surface area contributed by atoms with Crippen LogP contribution in [0.2, 0.25) is 0 Å². The fourth-order valence-electron chi connectivity index (χ4n) is 1.64. The Kier molecular flexibility index (Phi) is 3.69. The third-order valence-corrected chi connectivity index (χ3v) is 2.50. The van der Waals surface area contributed by atoms with Crippen LogP contribution >= 0.6 is 0 Å². The molecule has 0 bridgehead atoms. The molecule has 6 nitrogen and oxygen atoms in total. The molecular weight excluding hydrogens is 234 g/mol. The number of aliphatic hydroxyl groups excluding tert-OH is 1. The van der Waals surface area contributed by atoms with Gasteiger partial charge in [-0.05, 0) is 18.2 Å². The first-order chi connectivity index (χ1) is 8.76. The summed E-state index contributed by atoms with van der Waals surface area (Å²) >= 11 is 0. The van der Waals surface area contributed by atoms with E-state index < -0.39 is 5.97 Å². The van der Waals surface area contributed by atoms with Crippen LogP contribution in [-0.4, -0.2) is 39.8 Å². The summed E-state index contributed by atoms with van der Waals surface area (Å²) in [4.78, 5) is 11.4. The summed E-state index contributed by atoms with van der Waals surface area (Å²) in [5.41, 5.74) is 1.93. The van der Waals surface area contributed by atoms with Gasteiger partial charge in [0.05, 0.1) is 30.3 Å². The normalized spacial score (nSPS) is 10.3. The van der Waals surface area contributed by atoms with E-state index in [-0.39, 0.29) is 6.61 Å². The second-order valence-corrected chi connectivity index (χ2v) is 3.65. The van der Waals surface area contributed by atoms with Crippen molar-refractivity contribution in [1.82, 2.24) is 15.0 Å². The van der Waals surface area contributed by atoms with Gasteiger partial charge in [-0.2, -0.15) is 0 Å². The highest BCUT2D eigenvalue weighted by molar-refractivity contribution is 5.89. The zero-order valence-electron chi connectivity index (χ0n) is 9.91. The number of hydrogen-bond donors (Lipinski definition) is 1. The average Bonchev–Trinajstić information content (AvgIpc) is 2.87. The molecule has 1 aromatic carbocycles. The van der Waals surface area contributed by atoms with E-state index in [0.29, 0.717) is 17.7 Å². The summed E-state index contributed by atoms with van der Waals surface area (Å²) in [7, 11) is 1.33. The second kappa shape index (κ2) is 5.42. The lowest BCUT2D eigenvalue weighted by Crippen LogP contribution is -2.07. The summed E-state index contributed by atoms with van der Waals surface area (Å²) < 4.78 is 6.25. The number of aromatic nitrogens is 3. The number of hydrogen-bond acceptors (Lipinski definition) is 5. The van der Waals surface area contributed by atoms with E-state index in [1.807, 2.05) is 6.07 Å². The molecule has 94 valence electrons. The Hall–Kier alpha value is -2.21. The summed E-state index contributed by atoms with van der Waals surface area (Å²) in [5.74, 6) is -0.402. The minimum atomic E-state index is -0.402. The zero-order chi connectivity index (χ0) is 13.0. The zero-order valence-corrected chi connectivity index (χ0v) is 9.91. The predicted octanol–water partition coefficient (Wildman–Crippen LogP) is 0.589. The highest BCUT2D eigenvalue weighted by Gasteiger charge is 2.09. The summed E-state index contributed by atoms with van der Waals surface area (Å²) in [6, 6.07) is 6.88. The van der Waals surface area contributed by atoms with E-state index in [0.717, 1.165) is 5.69 Å². The maximum Gasteiger partial charge on any atom is 0.337 e. The molecule has 0 atom stereocenters. The molecule has 2 aromatic rings. The monoisotopic (exact) mass is 247 g/mol. The largest absolute Gasteiger partial charge is 0.465 e. The van der Waals surface area contributed by atoms with Crippen molar-refractivity contribution in [2.75, 3.05) is 13.7 Å². The van der Waals surface area contributed by atoms with E-state index >= 15 is 0 Å². The molecule has 0 aliphatic rings. The molecule has 2 rings (SSSR count). The van der Waals surface area contributed by atoms with Crippen LogP contribution < -0.4 is 0 Å². The van der Waals surface area contributed by atoms with Crippen LogP contribution in [0.15, 0.2) is 30.5 Å². The molecule has 0 aliphatic carbocycles. The lowest BCUT2D eigenvalue weighted by molar-refractivity contribution is 0.0600. The number of benzene rings is 1. The molecule has 0 spiro atoms. The third-order valence-electron chi connectivity index (χ3n) is 2.50. The molecule has 1 aromatic heterocycles. The minimum Gasteiger partial charge on any atom is -0.465 e. The van der Waals surface area contributed by atoms with Gasteiger partial charge in [0.15, 0.2) is 0 Å². The van der Waals surface area contributed by atoms with Crippen LogP contribution in [0, 0.1) is 0 Å². The standard InChI is InChI=1S/C12H13N3O3/c1-18-12(17)9-3-2-4-10(7-9)15-11(5-6-16)8-13-14-15/h2-4,7-8,16H,5-6H2,1H3. The van der Waals surface area contributed by atoms with Crippen molar-refractivity contribution in [3.05, 3.63) is 41.7 Å². The van der Waals surface area contributed by atoms with Crippen molar-refractivity contribution in [1.29, 1.82) is 0 Å². The first-order valence-electron chi connectivity index (χ1n) is 5.45. The molecule has 1 N–H and O–H groups in total. The Labute approximate surface area is 104 Å². The lowest BCUT2D eigenvalue weighted by Gasteiger charge is -2.06. The third kappa shape index (κ3) is 2.38. The highest BCUT2D eigenvalue weighted by Crippen LogP contribution is 2.13. The van der Waals surface area contributed by atoms with Crippen LogP contribution in [0.1, 0.15) is 16.1 Å². The summed E-state index contributed by atoms with van der Waals surface area (Å²) in [6.45, 7) is 0.0179. The molecule has 0 radical (unpaired) electrons. The van der Waals surface area contributed by atoms with Crippen molar-refractivity contribution in [2.45, 2.75) is 6.42 Å². The molecule has 0 aliphatic heterocycles. The van der Waals surface area contributed by atoms with Crippen LogP contribution in [0.25, 0.3) is 5.69 Å². The highest BCUT2D eigenvalue weighted by atomic mass is 16.5.